The number of nitrogens with zero attached hydrogens (tertiary/aromatic N) is 1. The molecule has 1 aliphatic rings. The van der Waals surface area contributed by atoms with Crippen LogP contribution in [0.1, 0.15) is 30.9 Å². The van der Waals surface area contributed by atoms with Crippen LogP contribution in [0.5, 0.6) is 0 Å². The number of anilines is 1. The Morgan fingerprint density at radius 3 is 2.55 bits per heavy atom. The molecule has 5 heteroatoms. The molecule has 0 aliphatic carbocycles. The predicted molar refractivity (Wildman–Crippen MR) is 96.0 cm³/mol. The Bertz CT molecular complexity index is 731. The monoisotopic (exact) mass is 328 g/mol. The number of benzene rings is 1. The zero-order chi connectivity index (χ0) is 15.7. The van der Waals surface area contributed by atoms with E-state index in [1.54, 1.807) is 11.3 Å². The highest BCUT2D eigenvalue weighted by Crippen LogP contribution is 2.25. The SMILES string of the molecule is CC(C)c1ccc(N2C(=O)C(=Cc3ccsc3)NC2=S)cc1. The molecule has 0 unspecified atom stereocenters. The minimum Gasteiger partial charge on any atom is -0.327 e. The van der Waals surface area contributed by atoms with Crippen LogP contribution in [0.4, 0.5) is 5.69 Å². The lowest BCUT2D eigenvalue weighted by molar-refractivity contribution is -0.113. The van der Waals surface area contributed by atoms with E-state index >= 15 is 0 Å². The van der Waals surface area contributed by atoms with Crippen molar-refractivity contribution in [3.05, 3.63) is 57.9 Å². The fourth-order valence-corrected chi connectivity index (χ4v) is 3.22. The maximum atomic E-state index is 12.6. The van der Waals surface area contributed by atoms with Crippen molar-refractivity contribution in [3.63, 3.8) is 0 Å². The normalized spacial score (nSPS) is 16.7. The minimum absolute atomic E-state index is 0.117. The van der Waals surface area contributed by atoms with Gasteiger partial charge in [0.15, 0.2) is 5.11 Å². The van der Waals surface area contributed by atoms with Crippen LogP contribution in [0.2, 0.25) is 0 Å². The molecule has 0 saturated carbocycles. The van der Waals surface area contributed by atoms with Crippen LogP contribution in [0.15, 0.2) is 46.8 Å². The van der Waals surface area contributed by atoms with Crippen LogP contribution >= 0.6 is 23.6 Å². The second-order valence-corrected chi connectivity index (χ2v) is 6.60. The zero-order valence-electron chi connectivity index (χ0n) is 12.4. The molecule has 0 radical (unpaired) electrons. The van der Waals surface area contributed by atoms with Gasteiger partial charge in [0.2, 0.25) is 0 Å². The molecule has 2 aromatic rings. The van der Waals surface area contributed by atoms with Gasteiger partial charge in [-0.1, -0.05) is 26.0 Å². The number of amides is 1. The minimum atomic E-state index is -0.117. The third kappa shape index (κ3) is 2.82. The third-order valence-corrected chi connectivity index (χ3v) is 4.54. The molecule has 3 nitrogen and oxygen atoms in total. The molecule has 2 heterocycles. The van der Waals surface area contributed by atoms with Crippen molar-refractivity contribution in [1.29, 1.82) is 0 Å². The summed E-state index contributed by atoms with van der Waals surface area (Å²) in [6.07, 6.45) is 1.83. The molecule has 1 fully saturated rings. The van der Waals surface area contributed by atoms with Crippen LogP contribution in [0, 0.1) is 0 Å². The van der Waals surface area contributed by atoms with Crippen LogP contribution in [-0.2, 0) is 4.79 Å². The quantitative estimate of drug-likeness (QED) is 0.679. The van der Waals surface area contributed by atoms with Gasteiger partial charge in [0, 0.05) is 0 Å². The van der Waals surface area contributed by atoms with Crippen LogP contribution in [-0.4, -0.2) is 11.0 Å². The van der Waals surface area contributed by atoms with E-state index in [-0.39, 0.29) is 5.91 Å². The summed E-state index contributed by atoms with van der Waals surface area (Å²) in [5, 5.41) is 7.39. The molecule has 1 amide bonds. The fraction of sp³-hybridized carbons (Fsp3) is 0.176. The number of thiocarbonyl (C=S) groups is 1. The zero-order valence-corrected chi connectivity index (χ0v) is 14.0. The van der Waals surface area contributed by atoms with E-state index in [0.717, 1.165) is 11.3 Å². The Kier molecular flexibility index (Phi) is 4.09. The van der Waals surface area contributed by atoms with Crippen LogP contribution < -0.4 is 10.2 Å². The van der Waals surface area contributed by atoms with Gasteiger partial charge in [0.05, 0.1) is 5.69 Å². The summed E-state index contributed by atoms with van der Waals surface area (Å²) in [6.45, 7) is 4.29. The van der Waals surface area contributed by atoms with Crippen molar-refractivity contribution in [2.24, 2.45) is 0 Å². The lowest BCUT2D eigenvalue weighted by Gasteiger charge is -2.15. The van der Waals surface area contributed by atoms with Gasteiger partial charge in [0.1, 0.15) is 5.70 Å². The average molecular weight is 328 g/mol. The molecule has 1 N–H and O–H groups in total. The van der Waals surface area contributed by atoms with Gasteiger partial charge in [-0.3, -0.25) is 9.69 Å². The van der Waals surface area contributed by atoms with Crippen molar-refractivity contribution in [2.45, 2.75) is 19.8 Å². The molecule has 112 valence electrons. The number of thiophene rings is 1. The smallest absolute Gasteiger partial charge is 0.281 e. The maximum absolute atomic E-state index is 12.6. The summed E-state index contributed by atoms with van der Waals surface area (Å²) >= 11 is 6.91. The first-order valence-electron chi connectivity index (χ1n) is 7.05. The molecule has 3 rings (SSSR count). The van der Waals surface area contributed by atoms with E-state index < -0.39 is 0 Å². The summed E-state index contributed by atoms with van der Waals surface area (Å²) in [5.41, 5.74) is 3.54. The molecule has 0 bridgehead atoms. The Morgan fingerprint density at radius 1 is 1.23 bits per heavy atom. The highest BCUT2D eigenvalue weighted by Gasteiger charge is 2.31. The summed E-state index contributed by atoms with van der Waals surface area (Å²) in [6, 6.07) is 9.92. The summed E-state index contributed by atoms with van der Waals surface area (Å²) < 4.78 is 0. The van der Waals surface area contributed by atoms with Crippen molar-refractivity contribution in [3.8, 4) is 0 Å². The average Bonchev–Trinajstić information content (AvgIpc) is 3.09. The lowest BCUT2D eigenvalue weighted by Crippen LogP contribution is -2.30. The van der Waals surface area contributed by atoms with E-state index in [0.29, 0.717) is 16.7 Å². The van der Waals surface area contributed by atoms with E-state index in [2.05, 4.69) is 19.2 Å². The molecule has 1 aromatic carbocycles. The van der Waals surface area contributed by atoms with Crippen molar-refractivity contribution >= 4 is 46.3 Å². The number of carbonyl (C=O) groups excluding carboxylic acids is 1. The largest absolute Gasteiger partial charge is 0.327 e. The second-order valence-electron chi connectivity index (χ2n) is 5.43. The van der Waals surface area contributed by atoms with E-state index in [1.807, 2.05) is 47.2 Å². The van der Waals surface area contributed by atoms with Crippen molar-refractivity contribution in [2.75, 3.05) is 4.90 Å². The van der Waals surface area contributed by atoms with Gasteiger partial charge in [0.25, 0.3) is 5.91 Å². The number of hydrogen-bond donors (Lipinski definition) is 1. The summed E-state index contributed by atoms with van der Waals surface area (Å²) in [5.74, 6) is 0.343. The molecule has 0 spiro atoms. The Hall–Kier alpha value is -1.98. The first-order valence-corrected chi connectivity index (χ1v) is 8.40. The van der Waals surface area contributed by atoms with Crippen molar-refractivity contribution < 1.29 is 4.79 Å². The van der Waals surface area contributed by atoms with E-state index in [1.165, 1.54) is 10.5 Å². The van der Waals surface area contributed by atoms with Crippen LogP contribution in [0.3, 0.4) is 0 Å². The van der Waals surface area contributed by atoms with Gasteiger partial charge in [-0.05, 0) is 64.3 Å². The van der Waals surface area contributed by atoms with Crippen LogP contribution in [0.25, 0.3) is 6.08 Å². The summed E-state index contributed by atoms with van der Waals surface area (Å²) in [7, 11) is 0. The molecule has 0 atom stereocenters. The highest BCUT2D eigenvalue weighted by molar-refractivity contribution is 7.80. The first kappa shape index (κ1) is 14.9. The molecule has 1 aliphatic heterocycles. The lowest BCUT2D eigenvalue weighted by atomic mass is 10.0. The number of carbonyl (C=O) groups is 1. The standard InChI is InChI=1S/C17H16N2OS2/c1-11(2)13-3-5-14(6-4-13)19-16(20)15(18-17(19)21)9-12-7-8-22-10-12/h3-11H,1-2H3,(H,18,21). The van der Waals surface area contributed by atoms with Gasteiger partial charge in [-0.2, -0.15) is 11.3 Å². The maximum Gasteiger partial charge on any atom is 0.281 e. The fourth-order valence-electron chi connectivity index (χ4n) is 2.30. The van der Waals surface area contributed by atoms with Gasteiger partial charge < -0.3 is 5.32 Å². The van der Waals surface area contributed by atoms with Gasteiger partial charge >= 0.3 is 0 Å². The molecular formula is C17H16N2OS2. The molecular weight excluding hydrogens is 312 g/mol. The van der Waals surface area contributed by atoms with Crippen molar-refractivity contribution in [1.82, 2.24) is 5.32 Å². The van der Waals surface area contributed by atoms with E-state index in [4.69, 9.17) is 12.2 Å². The van der Waals surface area contributed by atoms with E-state index in [9.17, 15) is 4.79 Å². The Labute approximate surface area is 139 Å². The third-order valence-electron chi connectivity index (χ3n) is 3.55. The Morgan fingerprint density at radius 2 is 1.95 bits per heavy atom. The Balaban J connectivity index is 1.88. The molecule has 22 heavy (non-hydrogen) atoms. The molecule has 1 aromatic heterocycles. The topological polar surface area (TPSA) is 32.3 Å². The number of rotatable bonds is 3. The number of hydrogen-bond acceptors (Lipinski definition) is 3. The summed E-state index contributed by atoms with van der Waals surface area (Å²) in [4.78, 5) is 14.1. The first-order chi connectivity index (χ1) is 10.6. The second kappa shape index (κ2) is 6.02. The molecule has 1 saturated heterocycles. The van der Waals surface area contributed by atoms with Gasteiger partial charge in [-0.15, -0.1) is 0 Å². The number of nitrogens with one attached hydrogen (secondary N) is 1. The predicted octanol–water partition coefficient (Wildman–Crippen LogP) is 4.13. The van der Waals surface area contributed by atoms with Gasteiger partial charge in [-0.25, -0.2) is 0 Å². The highest BCUT2D eigenvalue weighted by atomic mass is 32.1.